The average molecular weight is 339 g/mol. The first-order chi connectivity index (χ1) is 9.24. The number of nitrogens with one attached hydrogen (secondary N) is 1. The lowest BCUT2D eigenvalue weighted by Gasteiger charge is -2.21. The highest BCUT2D eigenvalue weighted by molar-refractivity contribution is 9.10. The molecule has 1 aliphatic rings. The van der Waals surface area contributed by atoms with Crippen LogP contribution in [0.15, 0.2) is 28.7 Å². The Hall–Kier alpha value is -0.750. The number of ether oxygens (including phenoxy) is 1. The molecule has 0 amide bonds. The summed E-state index contributed by atoms with van der Waals surface area (Å²) in [4.78, 5) is 6.01. The van der Waals surface area contributed by atoms with Crippen molar-refractivity contribution >= 4 is 27.3 Å². The monoisotopic (exact) mass is 338 g/mol. The van der Waals surface area contributed by atoms with E-state index in [1.807, 2.05) is 12.1 Å². The predicted octanol–water partition coefficient (Wildman–Crippen LogP) is 3.54. The van der Waals surface area contributed by atoms with Gasteiger partial charge in [-0.25, -0.2) is 4.98 Å². The van der Waals surface area contributed by atoms with Gasteiger partial charge in [-0.15, -0.1) is 11.3 Å². The number of hydrogen-bond donors (Lipinski definition) is 1. The van der Waals surface area contributed by atoms with E-state index in [-0.39, 0.29) is 6.10 Å². The third kappa shape index (κ3) is 2.89. The van der Waals surface area contributed by atoms with Gasteiger partial charge in [-0.3, -0.25) is 0 Å². The van der Waals surface area contributed by atoms with E-state index in [4.69, 9.17) is 9.72 Å². The number of benzene rings is 1. The predicted molar refractivity (Wildman–Crippen MR) is 81.5 cm³/mol. The minimum absolute atomic E-state index is 0.0987. The first kappa shape index (κ1) is 13.2. The maximum atomic E-state index is 5.77. The highest BCUT2D eigenvalue weighted by Gasteiger charge is 2.21. The van der Waals surface area contributed by atoms with Crippen molar-refractivity contribution in [3.8, 4) is 11.3 Å². The van der Waals surface area contributed by atoms with E-state index < -0.39 is 0 Å². The maximum Gasteiger partial charge on any atom is 0.124 e. The summed E-state index contributed by atoms with van der Waals surface area (Å²) in [6.07, 6.45) is 0.0987. The lowest BCUT2D eigenvalue weighted by Crippen LogP contribution is -2.33. The van der Waals surface area contributed by atoms with Crippen LogP contribution in [0.1, 0.15) is 16.0 Å². The van der Waals surface area contributed by atoms with Crippen molar-refractivity contribution in [3.63, 3.8) is 0 Å². The summed E-state index contributed by atoms with van der Waals surface area (Å²) in [5.41, 5.74) is 2.23. The Morgan fingerprint density at radius 2 is 2.16 bits per heavy atom. The molecule has 0 aliphatic carbocycles. The van der Waals surface area contributed by atoms with Crippen LogP contribution in [-0.2, 0) is 4.74 Å². The maximum absolute atomic E-state index is 5.77. The Labute approximate surface area is 125 Å². The zero-order valence-corrected chi connectivity index (χ0v) is 13.1. The molecule has 19 heavy (non-hydrogen) atoms. The molecular weight excluding hydrogens is 324 g/mol. The molecule has 100 valence electrons. The van der Waals surface area contributed by atoms with Crippen molar-refractivity contribution in [1.29, 1.82) is 0 Å². The van der Waals surface area contributed by atoms with Gasteiger partial charge >= 0.3 is 0 Å². The molecule has 1 aromatic carbocycles. The summed E-state index contributed by atoms with van der Waals surface area (Å²) in [6, 6.07) is 8.28. The summed E-state index contributed by atoms with van der Waals surface area (Å²) in [7, 11) is 0. The van der Waals surface area contributed by atoms with Gasteiger partial charge in [0.05, 0.1) is 12.3 Å². The Morgan fingerprint density at radius 1 is 1.37 bits per heavy atom. The molecule has 0 bridgehead atoms. The number of thiazole rings is 1. The van der Waals surface area contributed by atoms with E-state index in [2.05, 4.69) is 40.3 Å². The van der Waals surface area contributed by atoms with E-state index in [1.54, 1.807) is 11.3 Å². The molecule has 3 rings (SSSR count). The highest BCUT2D eigenvalue weighted by Crippen LogP contribution is 2.32. The van der Waals surface area contributed by atoms with E-state index in [1.165, 1.54) is 4.88 Å². The van der Waals surface area contributed by atoms with Crippen LogP contribution in [0, 0.1) is 6.92 Å². The Bertz CT molecular complexity index is 561. The fourth-order valence-electron chi connectivity index (χ4n) is 2.15. The van der Waals surface area contributed by atoms with E-state index in [0.29, 0.717) is 0 Å². The van der Waals surface area contributed by atoms with Crippen LogP contribution >= 0.6 is 27.3 Å². The quantitative estimate of drug-likeness (QED) is 0.909. The van der Waals surface area contributed by atoms with Crippen molar-refractivity contribution in [3.05, 3.63) is 38.6 Å². The molecular formula is C14H15BrN2OS. The van der Waals surface area contributed by atoms with E-state index in [0.717, 1.165) is 40.4 Å². The van der Waals surface area contributed by atoms with E-state index >= 15 is 0 Å². The number of nitrogens with zero attached hydrogens (tertiary/aromatic N) is 1. The lowest BCUT2D eigenvalue weighted by atomic mass is 10.1. The molecule has 2 aromatic rings. The molecule has 1 N–H and O–H groups in total. The number of aromatic nitrogens is 1. The second-order valence-electron chi connectivity index (χ2n) is 4.53. The molecule has 0 saturated carbocycles. The number of aryl methyl sites for hydroxylation is 1. The SMILES string of the molecule is Cc1sc(C2CNCCO2)nc1-c1ccc(Br)cc1. The largest absolute Gasteiger partial charge is 0.368 e. The molecule has 5 heteroatoms. The minimum atomic E-state index is 0.0987. The van der Waals surface area contributed by atoms with Gasteiger partial charge in [0.25, 0.3) is 0 Å². The van der Waals surface area contributed by atoms with Crippen LogP contribution in [0.5, 0.6) is 0 Å². The van der Waals surface area contributed by atoms with Crippen LogP contribution in [0.3, 0.4) is 0 Å². The fourth-order valence-corrected chi connectivity index (χ4v) is 3.41. The normalized spacial score (nSPS) is 19.6. The summed E-state index contributed by atoms with van der Waals surface area (Å²) >= 11 is 5.19. The smallest absolute Gasteiger partial charge is 0.124 e. The van der Waals surface area contributed by atoms with Crippen molar-refractivity contribution < 1.29 is 4.74 Å². The Balaban J connectivity index is 1.90. The summed E-state index contributed by atoms with van der Waals surface area (Å²) < 4.78 is 6.85. The van der Waals surface area contributed by atoms with Gasteiger partial charge in [0.15, 0.2) is 0 Å². The van der Waals surface area contributed by atoms with Crippen LogP contribution in [-0.4, -0.2) is 24.7 Å². The van der Waals surface area contributed by atoms with Crippen LogP contribution in [0.4, 0.5) is 0 Å². The molecule has 0 spiro atoms. The summed E-state index contributed by atoms with van der Waals surface area (Å²) in [5.74, 6) is 0. The first-order valence-electron chi connectivity index (χ1n) is 6.29. The molecule has 1 unspecified atom stereocenters. The second kappa shape index (κ2) is 5.71. The summed E-state index contributed by atoms with van der Waals surface area (Å²) in [5, 5.41) is 4.42. The zero-order valence-electron chi connectivity index (χ0n) is 10.6. The Morgan fingerprint density at radius 3 is 2.84 bits per heavy atom. The third-order valence-electron chi connectivity index (χ3n) is 3.13. The molecule has 1 atom stereocenters. The van der Waals surface area contributed by atoms with Gasteiger partial charge in [-0.05, 0) is 19.1 Å². The van der Waals surface area contributed by atoms with E-state index in [9.17, 15) is 0 Å². The molecule has 1 fully saturated rings. The van der Waals surface area contributed by atoms with Crippen LogP contribution < -0.4 is 5.32 Å². The molecule has 1 saturated heterocycles. The topological polar surface area (TPSA) is 34.1 Å². The van der Waals surface area contributed by atoms with Crippen molar-refractivity contribution in [2.24, 2.45) is 0 Å². The number of hydrogen-bond acceptors (Lipinski definition) is 4. The number of morpholine rings is 1. The van der Waals surface area contributed by atoms with Crippen LogP contribution in [0.25, 0.3) is 11.3 Å². The molecule has 3 nitrogen and oxygen atoms in total. The van der Waals surface area contributed by atoms with Crippen molar-refractivity contribution in [2.45, 2.75) is 13.0 Å². The van der Waals surface area contributed by atoms with Crippen molar-refractivity contribution in [1.82, 2.24) is 10.3 Å². The second-order valence-corrected chi connectivity index (χ2v) is 6.68. The average Bonchev–Trinajstić information content (AvgIpc) is 2.83. The third-order valence-corrected chi connectivity index (χ3v) is 4.73. The number of halogens is 1. The highest BCUT2D eigenvalue weighted by atomic mass is 79.9. The Kier molecular flexibility index (Phi) is 3.98. The lowest BCUT2D eigenvalue weighted by molar-refractivity contribution is 0.0276. The molecule has 0 radical (unpaired) electrons. The standard InChI is InChI=1S/C14H15BrN2OS/c1-9-13(10-2-4-11(15)5-3-10)17-14(19-9)12-8-16-6-7-18-12/h2-5,12,16H,6-8H2,1H3. The molecule has 1 aliphatic heterocycles. The van der Waals surface area contributed by atoms with Gasteiger partial charge in [0, 0.05) is 28.0 Å². The van der Waals surface area contributed by atoms with Gasteiger partial charge in [0.1, 0.15) is 11.1 Å². The van der Waals surface area contributed by atoms with Crippen LogP contribution in [0.2, 0.25) is 0 Å². The molecule has 2 heterocycles. The zero-order chi connectivity index (χ0) is 13.2. The molecule has 1 aromatic heterocycles. The summed E-state index contributed by atoms with van der Waals surface area (Å²) in [6.45, 7) is 4.67. The first-order valence-corrected chi connectivity index (χ1v) is 7.90. The van der Waals surface area contributed by atoms with Gasteiger partial charge in [0.2, 0.25) is 0 Å². The number of rotatable bonds is 2. The van der Waals surface area contributed by atoms with Gasteiger partial charge in [-0.1, -0.05) is 28.1 Å². The van der Waals surface area contributed by atoms with Gasteiger partial charge in [-0.2, -0.15) is 0 Å². The fraction of sp³-hybridized carbons (Fsp3) is 0.357. The van der Waals surface area contributed by atoms with Gasteiger partial charge < -0.3 is 10.1 Å². The minimum Gasteiger partial charge on any atom is -0.368 e. The van der Waals surface area contributed by atoms with Crippen molar-refractivity contribution in [2.75, 3.05) is 19.7 Å².